The number of ether oxygens (including phenoxy) is 1. The van der Waals surface area contributed by atoms with E-state index in [-0.39, 0.29) is 18.2 Å². The maximum absolute atomic E-state index is 12.8. The number of nitro groups is 1. The Hall–Kier alpha value is -3.26. The molecule has 0 aliphatic carbocycles. The molecule has 0 radical (unpaired) electrons. The summed E-state index contributed by atoms with van der Waals surface area (Å²) in [5, 5.41) is 10.7. The van der Waals surface area contributed by atoms with Gasteiger partial charge in [-0.05, 0) is 48.5 Å². The number of non-ortho nitro benzene ring substituents is 1. The Balaban J connectivity index is 1.74. The van der Waals surface area contributed by atoms with Crippen LogP contribution >= 0.6 is 15.9 Å². The summed E-state index contributed by atoms with van der Waals surface area (Å²) < 4.78 is 6.43. The van der Waals surface area contributed by atoms with Gasteiger partial charge >= 0.3 is 0 Å². The molecule has 0 N–H and O–H groups in total. The van der Waals surface area contributed by atoms with Crippen molar-refractivity contribution in [2.24, 2.45) is 0 Å². The van der Waals surface area contributed by atoms with Crippen LogP contribution in [0, 0.1) is 10.1 Å². The first-order chi connectivity index (χ1) is 13.5. The quantitative estimate of drug-likeness (QED) is 0.401. The molecule has 0 saturated carbocycles. The molecule has 1 heterocycles. The predicted molar refractivity (Wildman–Crippen MR) is 108 cm³/mol. The molecular formula is C20H16BrN3O4. The minimum absolute atomic E-state index is 0.0367. The van der Waals surface area contributed by atoms with Gasteiger partial charge in [-0.2, -0.15) is 0 Å². The number of amides is 1. The van der Waals surface area contributed by atoms with E-state index < -0.39 is 4.92 Å². The van der Waals surface area contributed by atoms with Gasteiger partial charge in [0.1, 0.15) is 5.75 Å². The summed E-state index contributed by atoms with van der Waals surface area (Å²) in [5.41, 5.74) is 1.42. The smallest absolute Gasteiger partial charge is 0.269 e. The number of nitro benzene ring substituents is 1. The molecule has 0 fully saturated rings. The van der Waals surface area contributed by atoms with Crippen LogP contribution in [0.3, 0.4) is 0 Å². The summed E-state index contributed by atoms with van der Waals surface area (Å²) in [6.07, 6.45) is 1.67. The highest BCUT2D eigenvalue weighted by Crippen LogP contribution is 2.21. The molecule has 28 heavy (non-hydrogen) atoms. The van der Waals surface area contributed by atoms with Crippen molar-refractivity contribution in [3.8, 4) is 5.75 Å². The van der Waals surface area contributed by atoms with E-state index >= 15 is 0 Å². The Morgan fingerprint density at radius 2 is 1.79 bits per heavy atom. The lowest BCUT2D eigenvalue weighted by molar-refractivity contribution is -0.384. The Labute approximate surface area is 169 Å². The van der Waals surface area contributed by atoms with Gasteiger partial charge < -0.3 is 9.64 Å². The van der Waals surface area contributed by atoms with Crippen LogP contribution in [0.5, 0.6) is 5.75 Å². The summed E-state index contributed by atoms with van der Waals surface area (Å²) >= 11 is 3.39. The van der Waals surface area contributed by atoms with Crippen molar-refractivity contribution in [3.05, 3.63) is 93.2 Å². The van der Waals surface area contributed by atoms with Gasteiger partial charge in [0.05, 0.1) is 17.2 Å². The van der Waals surface area contributed by atoms with Crippen molar-refractivity contribution >= 4 is 33.2 Å². The number of aromatic nitrogens is 1. The van der Waals surface area contributed by atoms with E-state index in [1.165, 1.54) is 24.3 Å². The van der Waals surface area contributed by atoms with Crippen LogP contribution in [0.2, 0.25) is 0 Å². The average molecular weight is 442 g/mol. The third kappa shape index (κ3) is 5.14. The number of rotatable bonds is 7. The van der Waals surface area contributed by atoms with E-state index in [0.717, 1.165) is 10.2 Å². The van der Waals surface area contributed by atoms with Crippen LogP contribution in [0.4, 0.5) is 11.4 Å². The molecule has 0 aliphatic rings. The van der Waals surface area contributed by atoms with E-state index in [9.17, 15) is 14.9 Å². The molecule has 0 unspecified atom stereocenters. The van der Waals surface area contributed by atoms with Gasteiger partial charge in [0.25, 0.3) is 11.6 Å². The molecule has 7 nitrogen and oxygen atoms in total. The number of carbonyl (C=O) groups is 1. The zero-order chi connectivity index (χ0) is 19.9. The van der Waals surface area contributed by atoms with Gasteiger partial charge in [-0.15, -0.1) is 0 Å². The highest BCUT2D eigenvalue weighted by molar-refractivity contribution is 9.10. The fourth-order valence-electron chi connectivity index (χ4n) is 2.49. The SMILES string of the molecule is O=C(COc1ccc([N+](=O)[O-])cc1)N(Cc1ccccn1)c1ccc(Br)cc1. The molecule has 1 aromatic heterocycles. The predicted octanol–water partition coefficient (Wildman–Crippen LogP) is 4.36. The molecule has 2 aromatic carbocycles. The van der Waals surface area contributed by atoms with Gasteiger partial charge in [-0.3, -0.25) is 19.9 Å². The molecule has 0 spiro atoms. The second-order valence-electron chi connectivity index (χ2n) is 5.82. The summed E-state index contributed by atoms with van der Waals surface area (Å²) in [6.45, 7) is 0.0889. The van der Waals surface area contributed by atoms with Gasteiger partial charge in [0.15, 0.2) is 6.61 Å². The molecule has 0 atom stereocenters. The third-order valence-corrected chi connectivity index (χ3v) is 4.42. The van der Waals surface area contributed by atoms with Crippen molar-refractivity contribution in [1.82, 2.24) is 4.98 Å². The van der Waals surface area contributed by atoms with Crippen LogP contribution < -0.4 is 9.64 Å². The molecular weight excluding hydrogens is 426 g/mol. The molecule has 1 amide bonds. The first-order valence-corrected chi connectivity index (χ1v) is 9.15. The van der Waals surface area contributed by atoms with E-state index in [0.29, 0.717) is 18.0 Å². The van der Waals surface area contributed by atoms with E-state index in [1.807, 2.05) is 42.5 Å². The van der Waals surface area contributed by atoms with Crippen LogP contribution in [0.15, 0.2) is 77.4 Å². The monoisotopic (exact) mass is 441 g/mol. The summed E-state index contributed by atoms with van der Waals surface area (Å²) in [6, 6.07) is 18.5. The Kier molecular flexibility index (Phi) is 6.33. The number of halogens is 1. The Bertz CT molecular complexity index is 947. The fourth-order valence-corrected chi connectivity index (χ4v) is 2.75. The summed E-state index contributed by atoms with van der Waals surface area (Å²) in [7, 11) is 0. The van der Waals surface area contributed by atoms with E-state index in [4.69, 9.17) is 4.74 Å². The number of carbonyl (C=O) groups excluding carboxylic acids is 1. The van der Waals surface area contributed by atoms with Gasteiger partial charge in [-0.25, -0.2) is 0 Å². The number of anilines is 1. The highest BCUT2D eigenvalue weighted by Gasteiger charge is 2.18. The van der Waals surface area contributed by atoms with Crippen molar-refractivity contribution < 1.29 is 14.5 Å². The fraction of sp³-hybridized carbons (Fsp3) is 0.100. The first-order valence-electron chi connectivity index (χ1n) is 8.36. The first kappa shape index (κ1) is 19.5. The van der Waals surface area contributed by atoms with Crippen molar-refractivity contribution in [2.75, 3.05) is 11.5 Å². The number of hydrogen-bond acceptors (Lipinski definition) is 5. The van der Waals surface area contributed by atoms with Gasteiger partial charge in [-0.1, -0.05) is 22.0 Å². The topological polar surface area (TPSA) is 85.6 Å². The van der Waals surface area contributed by atoms with Gasteiger partial charge in [0, 0.05) is 28.5 Å². The molecule has 0 bridgehead atoms. The van der Waals surface area contributed by atoms with Crippen molar-refractivity contribution in [1.29, 1.82) is 0 Å². The van der Waals surface area contributed by atoms with E-state index in [2.05, 4.69) is 20.9 Å². The number of benzene rings is 2. The lowest BCUT2D eigenvalue weighted by Gasteiger charge is -2.23. The number of hydrogen-bond donors (Lipinski definition) is 0. The zero-order valence-corrected chi connectivity index (χ0v) is 16.3. The van der Waals surface area contributed by atoms with Gasteiger partial charge in [0.2, 0.25) is 0 Å². The number of pyridine rings is 1. The summed E-state index contributed by atoms with van der Waals surface area (Å²) in [5.74, 6) is 0.124. The largest absolute Gasteiger partial charge is 0.484 e. The standard InChI is InChI=1S/C20H16BrN3O4/c21-15-4-6-17(7-5-15)23(13-16-3-1-2-12-22-16)20(25)14-28-19-10-8-18(9-11-19)24(26)27/h1-12H,13-14H2. The third-order valence-electron chi connectivity index (χ3n) is 3.90. The zero-order valence-electron chi connectivity index (χ0n) is 14.7. The van der Waals surface area contributed by atoms with E-state index in [1.54, 1.807) is 11.1 Å². The van der Waals surface area contributed by atoms with Crippen molar-refractivity contribution in [2.45, 2.75) is 6.54 Å². The molecule has 3 rings (SSSR count). The molecule has 0 saturated heterocycles. The maximum Gasteiger partial charge on any atom is 0.269 e. The van der Waals surface area contributed by atoms with Crippen LogP contribution in [-0.2, 0) is 11.3 Å². The maximum atomic E-state index is 12.8. The number of nitrogens with zero attached hydrogens (tertiary/aromatic N) is 3. The van der Waals surface area contributed by atoms with Crippen LogP contribution in [0.1, 0.15) is 5.69 Å². The van der Waals surface area contributed by atoms with Crippen LogP contribution in [-0.4, -0.2) is 22.4 Å². The summed E-state index contributed by atoms with van der Waals surface area (Å²) in [4.78, 5) is 28.9. The Morgan fingerprint density at radius 1 is 1.07 bits per heavy atom. The minimum atomic E-state index is -0.489. The normalized spacial score (nSPS) is 10.3. The second kappa shape index (κ2) is 9.09. The molecule has 142 valence electrons. The minimum Gasteiger partial charge on any atom is -0.484 e. The molecule has 3 aromatic rings. The van der Waals surface area contributed by atoms with Crippen molar-refractivity contribution in [3.63, 3.8) is 0 Å². The highest BCUT2D eigenvalue weighted by atomic mass is 79.9. The Morgan fingerprint density at radius 3 is 2.39 bits per heavy atom. The average Bonchev–Trinajstić information content (AvgIpc) is 2.72. The van der Waals surface area contributed by atoms with Crippen LogP contribution in [0.25, 0.3) is 0 Å². The lowest BCUT2D eigenvalue weighted by Crippen LogP contribution is -2.34. The lowest BCUT2D eigenvalue weighted by atomic mass is 10.2. The molecule has 0 aliphatic heterocycles. The molecule has 8 heteroatoms. The second-order valence-corrected chi connectivity index (χ2v) is 6.73.